The molecule has 2 aliphatic rings. The Morgan fingerprint density at radius 2 is 1.82 bits per heavy atom. The second kappa shape index (κ2) is 11.1. The normalized spacial score (nSPS) is 26.4. The van der Waals surface area contributed by atoms with Gasteiger partial charge in [-0.3, -0.25) is 18.8 Å². The van der Waals surface area contributed by atoms with Gasteiger partial charge in [-0.05, 0) is 39.0 Å². The molecule has 1 fully saturated rings. The average molecular weight is 623 g/mol. The van der Waals surface area contributed by atoms with Crippen LogP contribution in [0.3, 0.4) is 0 Å². The first kappa shape index (κ1) is 31.1. The maximum atomic E-state index is 14.4. The van der Waals surface area contributed by atoms with Crippen LogP contribution in [0.15, 0.2) is 36.4 Å². The number of benzene rings is 2. The van der Waals surface area contributed by atoms with Crippen LogP contribution in [0.2, 0.25) is 5.02 Å². The summed E-state index contributed by atoms with van der Waals surface area (Å²) < 4.78 is 48.0. The van der Waals surface area contributed by atoms with Crippen LogP contribution in [0.25, 0.3) is 0 Å². The van der Waals surface area contributed by atoms with E-state index in [1.807, 2.05) is 0 Å². The number of carbonyl (C=O) groups excluding carboxylic acids is 1. The third kappa shape index (κ3) is 6.15. The van der Waals surface area contributed by atoms with E-state index >= 15 is 0 Å². The lowest BCUT2D eigenvalue weighted by atomic mass is 9.84. The predicted molar refractivity (Wildman–Crippen MR) is 144 cm³/mol. The minimum atomic E-state index is -4.89. The van der Waals surface area contributed by atoms with Gasteiger partial charge in [0.05, 0.1) is 23.8 Å². The molecule has 1 unspecified atom stereocenters. The topological polar surface area (TPSA) is 186 Å². The summed E-state index contributed by atoms with van der Waals surface area (Å²) in [6.45, 7) is 4.22. The average Bonchev–Trinajstić information content (AvgIpc) is 3.20. The second-order valence-corrected chi connectivity index (χ2v) is 14.8. The summed E-state index contributed by atoms with van der Waals surface area (Å²) in [5.74, 6) is -2.38. The van der Waals surface area contributed by atoms with Crippen LogP contribution in [0, 0.1) is 5.82 Å². The van der Waals surface area contributed by atoms with Crippen LogP contribution >= 0.6 is 26.8 Å². The summed E-state index contributed by atoms with van der Waals surface area (Å²) in [5.41, 5.74) is 0.375. The Balaban J connectivity index is 1.63. The third-order valence-electron chi connectivity index (χ3n) is 6.86. The number of halogens is 2. The molecule has 0 radical (unpaired) electrons. The smallest absolute Gasteiger partial charge is 0.340 e. The van der Waals surface area contributed by atoms with Gasteiger partial charge >= 0.3 is 15.2 Å². The van der Waals surface area contributed by atoms with Crippen molar-refractivity contribution < 1.29 is 52.5 Å². The minimum Gasteiger partial charge on any atom is -0.387 e. The monoisotopic (exact) mass is 622 g/mol. The summed E-state index contributed by atoms with van der Waals surface area (Å²) in [6, 6.07) is 8.77. The molecule has 16 heteroatoms. The van der Waals surface area contributed by atoms with Gasteiger partial charge in [0, 0.05) is 21.8 Å². The summed E-state index contributed by atoms with van der Waals surface area (Å²) in [5, 5.41) is 24.8. The van der Waals surface area contributed by atoms with Crippen molar-refractivity contribution in [2.24, 2.45) is 0 Å². The zero-order chi connectivity index (χ0) is 29.8. The van der Waals surface area contributed by atoms with Gasteiger partial charge in [0.1, 0.15) is 24.1 Å². The van der Waals surface area contributed by atoms with Crippen LogP contribution in [0.4, 0.5) is 15.8 Å². The molecule has 2 aliphatic heterocycles. The summed E-state index contributed by atoms with van der Waals surface area (Å²) >= 11 is 6.40. The van der Waals surface area contributed by atoms with Gasteiger partial charge < -0.3 is 39.5 Å². The molecule has 2 aromatic rings. The van der Waals surface area contributed by atoms with Crippen molar-refractivity contribution in [3.8, 4) is 0 Å². The number of amides is 1. The van der Waals surface area contributed by atoms with Crippen molar-refractivity contribution in [3.63, 3.8) is 0 Å². The molecule has 0 spiro atoms. The van der Waals surface area contributed by atoms with Gasteiger partial charge in [-0.15, -0.1) is 0 Å². The summed E-state index contributed by atoms with van der Waals surface area (Å²) in [4.78, 5) is 42.5. The Morgan fingerprint density at radius 3 is 2.45 bits per heavy atom. The number of hydrogen-bond acceptors (Lipinski definition) is 8. The Morgan fingerprint density at radius 1 is 1.18 bits per heavy atom. The van der Waals surface area contributed by atoms with E-state index in [0.717, 1.165) is 4.90 Å². The van der Waals surface area contributed by atoms with E-state index in [4.69, 9.17) is 30.6 Å². The standard InChI is InChI=1S/C24H30ClFN2O10P2/c1-12(14-6-4-5-7-15(14)26)27-16-8-13(25)9-17-19(16)24(2,3)23(31)28(17)22-21(30)20(29)18(38-22)10-37-40(35,36)11-39(32,33)34/h4-9,12,18,20-22,27,29-30H,10-11H2,1-3H3,(H,35,36)(H2,32,33,34)/t12-,18+,20+,21+,22+/m0/s1. The Bertz CT molecular complexity index is 1410. The summed E-state index contributed by atoms with van der Waals surface area (Å²) in [6.07, 6.45) is -6.26. The fourth-order valence-electron chi connectivity index (χ4n) is 5.00. The minimum absolute atomic E-state index is 0.212. The lowest BCUT2D eigenvalue weighted by molar-refractivity contribution is -0.126. The first-order chi connectivity index (χ1) is 18.4. The fraction of sp³-hybridized carbons (Fsp3) is 0.458. The lowest BCUT2D eigenvalue weighted by Crippen LogP contribution is -2.48. The molecule has 2 aromatic carbocycles. The highest BCUT2D eigenvalue weighted by Crippen LogP contribution is 2.56. The number of carbonyl (C=O) groups is 1. The Labute approximate surface area is 234 Å². The molecular weight excluding hydrogens is 593 g/mol. The van der Waals surface area contributed by atoms with E-state index in [9.17, 15) is 33.4 Å². The highest BCUT2D eigenvalue weighted by Gasteiger charge is 2.55. The molecule has 0 bridgehead atoms. The molecule has 0 saturated carbocycles. The number of fused-ring (bicyclic) bond motifs is 1. The van der Waals surface area contributed by atoms with E-state index < -0.39 is 75.4 Å². The third-order valence-corrected chi connectivity index (χ3v) is 10.5. The lowest BCUT2D eigenvalue weighted by Gasteiger charge is -2.28. The predicted octanol–water partition coefficient (Wildman–Crippen LogP) is 3.06. The number of nitrogens with one attached hydrogen (secondary N) is 1. The molecule has 4 rings (SSSR count). The number of ether oxygens (including phenoxy) is 1. The van der Waals surface area contributed by atoms with Crippen LogP contribution in [-0.2, 0) is 28.6 Å². The maximum absolute atomic E-state index is 14.4. The van der Waals surface area contributed by atoms with Crippen molar-refractivity contribution >= 4 is 44.1 Å². The molecule has 6 atom stereocenters. The number of anilines is 2. The molecule has 1 saturated heterocycles. The fourth-order valence-corrected chi connectivity index (χ4v) is 7.79. The zero-order valence-corrected chi connectivity index (χ0v) is 24.2. The van der Waals surface area contributed by atoms with E-state index in [-0.39, 0.29) is 10.7 Å². The number of nitrogens with zero attached hydrogens (tertiary/aromatic N) is 1. The molecule has 0 aromatic heterocycles. The quantitative estimate of drug-likeness (QED) is 0.226. The van der Waals surface area contributed by atoms with Gasteiger partial charge in [-0.25, -0.2) is 4.39 Å². The van der Waals surface area contributed by atoms with Gasteiger partial charge in [0.15, 0.2) is 12.1 Å². The molecule has 40 heavy (non-hydrogen) atoms. The molecule has 2 heterocycles. The number of hydrogen-bond donors (Lipinski definition) is 6. The van der Waals surface area contributed by atoms with Crippen molar-refractivity contribution in [1.29, 1.82) is 0 Å². The van der Waals surface area contributed by atoms with Crippen molar-refractivity contribution in [1.82, 2.24) is 0 Å². The molecule has 12 nitrogen and oxygen atoms in total. The van der Waals surface area contributed by atoms with Crippen LogP contribution in [0.5, 0.6) is 0 Å². The van der Waals surface area contributed by atoms with Crippen LogP contribution < -0.4 is 10.2 Å². The molecular formula is C24H30ClFN2O10P2. The Hall–Kier alpha value is -1.89. The summed E-state index contributed by atoms with van der Waals surface area (Å²) in [7, 11) is -9.66. The molecule has 1 amide bonds. The van der Waals surface area contributed by atoms with Gasteiger partial charge in [-0.2, -0.15) is 0 Å². The van der Waals surface area contributed by atoms with Crippen LogP contribution in [0.1, 0.15) is 37.9 Å². The maximum Gasteiger partial charge on any atom is 0.340 e. The number of aliphatic hydroxyl groups excluding tert-OH is 2. The Kier molecular flexibility index (Phi) is 8.60. The van der Waals surface area contributed by atoms with Crippen molar-refractivity contribution in [2.75, 3.05) is 22.7 Å². The highest BCUT2D eigenvalue weighted by atomic mass is 35.5. The number of rotatable bonds is 9. The van der Waals surface area contributed by atoms with E-state index in [1.165, 1.54) is 12.1 Å². The van der Waals surface area contributed by atoms with Gasteiger partial charge in [0.25, 0.3) is 0 Å². The van der Waals surface area contributed by atoms with Gasteiger partial charge in [0.2, 0.25) is 5.91 Å². The molecule has 220 valence electrons. The first-order valence-corrected chi connectivity index (χ1v) is 16.1. The first-order valence-electron chi connectivity index (χ1n) is 12.1. The number of aliphatic hydroxyl groups is 2. The SMILES string of the molecule is C[C@H](Nc1cc(Cl)cc2c1C(C)(C)C(=O)N2[C@@H]1O[C@H](COP(=O)(O)CP(=O)(O)O)[C@@H](O)[C@H]1O)c1ccccc1F. The second-order valence-electron chi connectivity index (χ2n) is 10.3. The van der Waals surface area contributed by atoms with E-state index in [2.05, 4.69) is 5.32 Å². The van der Waals surface area contributed by atoms with Crippen molar-refractivity contribution in [3.05, 3.63) is 58.4 Å². The van der Waals surface area contributed by atoms with Crippen LogP contribution in [-0.4, -0.2) is 67.9 Å². The largest absolute Gasteiger partial charge is 0.387 e. The van der Waals surface area contributed by atoms with Gasteiger partial charge in [-0.1, -0.05) is 29.8 Å². The van der Waals surface area contributed by atoms with E-state index in [0.29, 0.717) is 16.8 Å². The molecule has 0 aliphatic carbocycles. The molecule has 6 N–H and O–H groups in total. The van der Waals surface area contributed by atoms with E-state index in [1.54, 1.807) is 45.0 Å². The highest BCUT2D eigenvalue weighted by molar-refractivity contribution is 7.70. The zero-order valence-electron chi connectivity index (χ0n) is 21.6. The van der Waals surface area contributed by atoms with Crippen molar-refractivity contribution in [2.45, 2.75) is 56.8 Å².